The van der Waals surface area contributed by atoms with Gasteiger partial charge in [0.2, 0.25) is 0 Å². The monoisotopic (exact) mass is 228 g/mol. The Kier molecular flexibility index (Phi) is 5.52. The first-order valence-corrected chi connectivity index (χ1v) is 6.89. The molecule has 1 aromatic rings. The largest absolute Gasteiger partial charge is 0.508 e. The smallest absolute Gasteiger partial charge is 0.115 e. The van der Waals surface area contributed by atoms with Crippen molar-refractivity contribution in [2.75, 3.05) is 0 Å². The van der Waals surface area contributed by atoms with Crippen molar-refractivity contribution in [3.63, 3.8) is 0 Å². The molecule has 0 amide bonds. The maximum atomic E-state index is 9.02. The van der Waals surface area contributed by atoms with Crippen molar-refractivity contribution in [2.24, 2.45) is 0 Å². The lowest BCUT2D eigenvalue weighted by Gasteiger charge is -2.18. The van der Waals surface area contributed by atoms with E-state index in [1.165, 1.54) is 5.56 Å². The van der Waals surface area contributed by atoms with Gasteiger partial charge >= 0.3 is 0 Å². The van der Waals surface area contributed by atoms with E-state index in [4.69, 9.17) is 14.0 Å². The Morgan fingerprint density at radius 1 is 1.36 bits per heavy atom. The second-order valence-electron chi connectivity index (χ2n) is 3.95. The second kappa shape index (κ2) is 6.43. The minimum absolute atomic E-state index is 0.174. The first kappa shape index (κ1) is 12.0. The van der Waals surface area contributed by atoms with Crippen LogP contribution in [0.3, 0.4) is 0 Å². The molecular weight excluding hydrogens is 209 g/mol. The van der Waals surface area contributed by atoms with Gasteiger partial charge in [0.25, 0.3) is 0 Å². The van der Waals surface area contributed by atoms with Crippen molar-refractivity contribution in [1.82, 2.24) is 0 Å². The summed E-state index contributed by atoms with van der Waals surface area (Å²) in [6.07, 6.45) is 0. The van der Waals surface area contributed by atoms with Crippen LogP contribution in [0.5, 0.6) is 5.75 Å². The highest BCUT2D eigenvalue weighted by Crippen LogP contribution is 2.23. The fourth-order valence-electron chi connectivity index (χ4n) is 0.961. The highest BCUT2D eigenvalue weighted by atomic mass is 32.0. The molecule has 1 nitrogen and oxygen atoms in total. The third-order valence-corrected chi connectivity index (χ3v) is 1.73. The van der Waals surface area contributed by atoms with Crippen LogP contribution < -0.4 is 0 Å². The first-order chi connectivity index (χ1) is 6.73. The van der Waals surface area contributed by atoms with E-state index in [1.54, 1.807) is 12.1 Å². The highest BCUT2D eigenvalue weighted by Gasteiger charge is 2.12. The lowest BCUT2D eigenvalue weighted by atomic mass is 9.87. The van der Waals surface area contributed by atoms with Crippen LogP contribution >= 0.6 is 17.0 Å². The Morgan fingerprint density at radius 3 is 2.00 bits per heavy atom. The van der Waals surface area contributed by atoms with E-state index in [1.807, 2.05) is 12.1 Å². The van der Waals surface area contributed by atoms with Gasteiger partial charge in [-0.3, -0.25) is 0 Å². The lowest BCUT2D eigenvalue weighted by Crippen LogP contribution is -2.10. The predicted molar refractivity (Wildman–Crippen MR) is 70.6 cm³/mol. The minimum Gasteiger partial charge on any atom is -0.508 e. The van der Waals surface area contributed by atoms with Gasteiger partial charge in [0.05, 0.1) is 1.28 Å². The highest BCUT2D eigenvalue weighted by molar-refractivity contribution is 8.15. The van der Waals surface area contributed by atoms with Crippen LogP contribution in [0.15, 0.2) is 24.3 Å². The Morgan fingerprint density at radius 2 is 1.71 bits per heavy atom. The van der Waals surface area contributed by atoms with Crippen molar-refractivity contribution in [3.05, 3.63) is 29.8 Å². The van der Waals surface area contributed by atoms with Crippen LogP contribution in [0.2, 0.25) is 0 Å². The molecule has 0 spiro atoms. The van der Waals surface area contributed by atoms with Gasteiger partial charge in [0.15, 0.2) is 0 Å². The molecule has 76 valence electrons. The summed E-state index contributed by atoms with van der Waals surface area (Å²) in [6.45, 7) is 6.46. The molecule has 0 bridgehead atoms. The molecular formula is C10H17BOP2. The van der Waals surface area contributed by atoms with E-state index >= 15 is 0 Å². The normalized spacial score (nSPS) is 13.6. The Bertz CT molecular complexity index is 280. The van der Waals surface area contributed by atoms with Gasteiger partial charge in [-0.1, -0.05) is 32.9 Å². The maximum Gasteiger partial charge on any atom is 0.115 e. The molecule has 0 aliphatic heterocycles. The molecule has 2 radical (unpaired) electrons. The third kappa shape index (κ3) is 5.63. The van der Waals surface area contributed by atoms with Gasteiger partial charge in [-0.2, -0.15) is 8.09 Å². The summed E-state index contributed by atoms with van der Waals surface area (Å²) in [7, 11) is 6.02. The quantitative estimate of drug-likeness (QED) is 0.533. The van der Waals surface area contributed by atoms with Crippen LogP contribution in [-0.4, -0.2) is 14.0 Å². The molecule has 0 saturated carbocycles. The molecule has 2 atom stereocenters. The minimum atomic E-state index is -0.954. The first-order valence-electron chi connectivity index (χ1n) is 4.76. The van der Waals surface area contributed by atoms with Gasteiger partial charge in [-0.25, -0.2) is 0 Å². The van der Waals surface area contributed by atoms with Gasteiger partial charge in [-0.05, 0) is 23.1 Å². The number of benzene rings is 1. The zero-order valence-electron chi connectivity index (χ0n) is 9.86. The molecule has 0 heterocycles. The third-order valence-electron chi connectivity index (χ3n) is 1.73. The number of rotatable bonds is 0. The number of hydrogen-bond donors (Lipinski definition) is 1. The molecule has 4 heteroatoms. The zero-order valence-corrected chi connectivity index (χ0v) is 10.9. The van der Waals surface area contributed by atoms with Gasteiger partial charge in [0.1, 0.15) is 13.3 Å². The molecule has 1 rings (SSSR count). The number of phenolic OH excluding ortho intramolecular Hbond substituents is 1. The topological polar surface area (TPSA) is 20.2 Å². The predicted octanol–water partition coefficient (Wildman–Crippen LogP) is 3.23. The van der Waals surface area contributed by atoms with Crippen LogP contribution in [0.1, 0.15) is 26.3 Å². The van der Waals surface area contributed by atoms with Gasteiger partial charge in [0, 0.05) is 0 Å². The summed E-state index contributed by atoms with van der Waals surface area (Å²) in [5, 5.41) is 9.02. The van der Waals surface area contributed by atoms with Crippen LogP contribution in [0.25, 0.3) is 0 Å². The molecule has 0 aromatic heterocycles. The van der Waals surface area contributed by atoms with E-state index in [2.05, 4.69) is 29.7 Å². The van der Waals surface area contributed by atoms with Crippen LogP contribution in [0, 0.1) is 0 Å². The van der Waals surface area contributed by atoms with Crippen molar-refractivity contribution in [3.8, 4) is 5.75 Å². The maximum absolute atomic E-state index is 9.02. The average Bonchev–Trinajstić information content (AvgIpc) is 2.01. The fourth-order valence-corrected chi connectivity index (χ4v) is 0.961. The molecule has 14 heavy (non-hydrogen) atoms. The molecule has 0 aliphatic carbocycles. The zero-order chi connectivity index (χ0) is 12.1. The summed E-state index contributed by atoms with van der Waals surface area (Å²) in [6, 6.07) is 7.35. The van der Waals surface area contributed by atoms with Crippen molar-refractivity contribution < 1.29 is 5.11 Å². The standard InChI is InChI=1S/C10H14O.BH3P2/c1-10(2,3)8-4-6-9(11)7-5-8;1-3-2/h4-7,11H,1-3H3;3H,2H2/i;3T. The summed E-state index contributed by atoms with van der Waals surface area (Å²) in [5.74, 6) is 0.331. The molecule has 1 aromatic carbocycles. The Balaban J connectivity index is 0.000000423. The molecule has 0 aliphatic rings. The summed E-state index contributed by atoms with van der Waals surface area (Å²) in [5.41, 5.74) is 1.42. The van der Waals surface area contributed by atoms with Crippen molar-refractivity contribution in [2.45, 2.75) is 26.2 Å². The fraction of sp³-hybridized carbons (Fsp3) is 0.400. The van der Waals surface area contributed by atoms with Crippen molar-refractivity contribution >= 4 is 24.6 Å². The van der Waals surface area contributed by atoms with E-state index < -0.39 is 8.09 Å². The Labute approximate surface area is 93.2 Å². The van der Waals surface area contributed by atoms with Crippen molar-refractivity contribution in [1.29, 1.82) is 1.28 Å². The van der Waals surface area contributed by atoms with Crippen LogP contribution in [-0.2, 0) is 5.41 Å². The number of hydrogen-bond acceptors (Lipinski definition) is 1. The van der Waals surface area contributed by atoms with E-state index in [0.717, 1.165) is 0 Å². The Hall–Kier alpha value is -0.0551. The average molecular weight is 228 g/mol. The summed E-state index contributed by atoms with van der Waals surface area (Å²) < 4.78 is 6.39. The number of aromatic hydroxyl groups is 1. The molecule has 2 unspecified atom stereocenters. The van der Waals surface area contributed by atoms with E-state index in [0.29, 0.717) is 5.75 Å². The molecule has 1 N–H and O–H groups in total. The summed E-state index contributed by atoms with van der Waals surface area (Å²) >= 11 is 0. The van der Waals surface area contributed by atoms with Gasteiger partial charge < -0.3 is 5.11 Å². The second-order valence-corrected chi connectivity index (χ2v) is 5.14. The van der Waals surface area contributed by atoms with Gasteiger partial charge in [-0.15, -0.1) is 8.93 Å². The molecule has 0 saturated heterocycles. The molecule has 0 fully saturated rings. The lowest BCUT2D eigenvalue weighted by molar-refractivity contribution is 0.474. The van der Waals surface area contributed by atoms with E-state index in [9.17, 15) is 0 Å². The van der Waals surface area contributed by atoms with E-state index in [-0.39, 0.29) is 5.41 Å². The SMILES string of the molecule is CC(C)(C)c1ccc(O)cc1.[3H]P([B])P. The summed E-state index contributed by atoms with van der Waals surface area (Å²) in [4.78, 5) is 0. The number of phenols is 1. The van der Waals surface area contributed by atoms with Crippen LogP contribution in [0.4, 0.5) is 0 Å².